The second-order valence-corrected chi connectivity index (χ2v) is 4.28. The fourth-order valence-corrected chi connectivity index (χ4v) is 1.64. The molecule has 0 aliphatic carbocycles. The van der Waals surface area contributed by atoms with Crippen LogP contribution in [0.25, 0.3) is 5.52 Å². The number of ether oxygens (including phenoxy) is 1. The molecule has 0 aromatic carbocycles. The van der Waals surface area contributed by atoms with Gasteiger partial charge in [-0.3, -0.25) is 0 Å². The van der Waals surface area contributed by atoms with Crippen molar-refractivity contribution in [1.29, 1.82) is 0 Å². The van der Waals surface area contributed by atoms with Gasteiger partial charge in [-0.25, -0.2) is 4.52 Å². The van der Waals surface area contributed by atoms with Crippen molar-refractivity contribution >= 4 is 23.6 Å². The number of aromatic nitrogens is 2. The number of anilines is 1. The molecule has 0 spiro atoms. The molecule has 0 saturated carbocycles. The lowest BCUT2D eigenvalue weighted by Gasteiger charge is -2.05. The molecular formula is C12H18ClN3O. The molecule has 0 unspecified atom stereocenters. The van der Waals surface area contributed by atoms with Crippen LogP contribution in [0.3, 0.4) is 0 Å². The molecule has 0 saturated heterocycles. The van der Waals surface area contributed by atoms with Crippen molar-refractivity contribution in [3.8, 4) is 5.88 Å². The van der Waals surface area contributed by atoms with E-state index in [0.717, 1.165) is 11.2 Å². The first-order valence-corrected chi connectivity index (χ1v) is 5.41. The Bertz CT molecular complexity index is 534. The van der Waals surface area contributed by atoms with E-state index in [9.17, 15) is 0 Å². The van der Waals surface area contributed by atoms with Gasteiger partial charge in [-0.1, -0.05) is 6.07 Å². The SMILES string of the molecule is Cc1ccc2c(N)c(OC(C)C)nn2c1C.Cl. The van der Waals surface area contributed by atoms with Crippen LogP contribution < -0.4 is 10.5 Å². The quantitative estimate of drug-likeness (QED) is 0.898. The van der Waals surface area contributed by atoms with Gasteiger partial charge in [0.25, 0.3) is 5.88 Å². The molecule has 0 bridgehead atoms. The first kappa shape index (κ1) is 13.6. The summed E-state index contributed by atoms with van der Waals surface area (Å²) in [4.78, 5) is 0. The Balaban J connectivity index is 0.00000144. The zero-order valence-electron chi connectivity index (χ0n) is 10.5. The normalized spacial score (nSPS) is 10.6. The molecule has 2 rings (SSSR count). The predicted molar refractivity (Wildman–Crippen MR) is 72.1 cm³/mol. The molecule has 0 atom stereocenters. The van der Waals surface area contributed by atoms with Crippen molar-refractivity contribution in [1.82, 2.24) is 9.61 Å². The van der Waals surface area contributed by atoms with Gasteiger partial charge in [0.15, 0.2) is 0 Å². The van der Waals surface area contributed by atoms with E-state index in [1.165, 1.54) is 5.56 Å². The van der Waals surface area contributed by atoms with Gasteiger partial charge in [-0.05, 0) is 39.3 Å². The summed E-state index contributed by atoms with van der Waals surface area (Å²) in [6.07, 6.45) is 0.0774. The molecule has 0 aliphatic rings. The van der Waals surface area contributed by atoms with Crippen molar-refractivity contribution in [2.45, 2.75) is 33.8 Å². The number of hydrogen-bond acceptors (Lipinski definition) is 3. The Morgan fingerprint density at radius 3 is 2.53 bits per heavy atom. The number of nitrogens with zero attached hydrogens (tertiary/aromatic N) is 2. The summed E-state index contributed by atoms with van der Waals surface area (Å²) in [7, 11) is 0. The Hall–Kier alpha value is -1.42. The van der Waals surface area contributed by atoms with Gasteiger partial charge < -0.3 is 10.5 Å². The van der Waals surface area contributed by atoms with E-state index in [4.69, 9.17) is 10.5 Å². The molecule has 5 heteroatoms. The standard InChI is InChI=1S/C12H17N3O.ClH/c1-7(2)16-12-11(13)10-6-5-8(3)9(4)15(10)14-12;/h5-7H,13H2,1-4H3;1H. The summed E-state index contributed by atoms with van der Waals surface area (Å²) >= 11 is 0. The van der Waals surface area contributed by atoms with E-state index < -0.39 is 0 Å². The van der Waals surface area contributed by atoms with E-state index in [1.807, 2.05) is 37.4 Å². The van der Waals surface area contributed by atoms with Crippen LogP contribution in [0.2, 0.25) is 0 Å². The molecule has 0 fully saturated rings. The van der Waals surface area contributed by atoms with Crippen LogP contribution in [-0.2, 0) is 0 Å². The predicted octanol–water partition coefficient (Wildman–Crippen LogP) is 2.74. The van der Waals surface area contributed by atoms with Gasteiger partial charge >= 0.3 is 0 Å². The van der Waals surface area contributed by atoms with Gasteiger partial charge in [0.1, 0.15) is 5.69 Å². The van der Waals surface area contributed by atoms with Crippen LogP contribution >= 0.6 is 12.4 Å². The van der Waals surface area contributed by atoms with Crippen LogP contribution in [-0.4, -0.2) is 15.7 Å². The monoisotopic (exact) mass is 255 g/mol. The highest BCUT2D eigenvalue weighted by atomic mass is 35.5. The molecule has 0 radical (unpaired) electrons. The summed E-state index contributed by atoms with van der Waals surface area (Å²) in [6.45, 7) is 7.99. The fraction of sp³-hybridized carbons (Fsp3) is 0.417. The topological polar surface area (TPSA) is 52.5 Å². The average Bonchev–Trinajstić information content (AvgIpc) is 2.51. The van der Waals surface area contributed by atoms with Gasteiger partial charge in [-0.15, -0.1) is 17.5 Å². The van der Waals surface area contributed by atoms with Crippen LogP contribution in [0.1, 0.15) is 25.1 Å². The molecule has 2 N–H and O–H groups in total. The van der Waals surface area contributed by atoms with Crippen molar-refractivity contribution in [3.63, 3.8) is 0 Å². The number of nitrogens with two attached hydrogens (primary N) is 1. The van der Waals surface area contributed by atoms with E-state index in [2.05, 4.69) is 12.0 Å². The highest BCUT2D eigenvalue weighted by Gasteiger charge is 2.13. The maximum atomic E-state index is 6.00. The Kier molecular flexibility index (Phi) is 3.88. The lowest BCUT2D eigenvalue weighted by molar-refractivity contribution is 0.233. The third-order valence-corrected chi connectivity index (χ3v) is 2.65. The number of nitrogen functional groups attached to an aromatic ring is 1. The third-order valence-electron chi connectivity index (χ3n) is 2.65. The summed E-state index contributed by atoms with van der Waals surface area (Å²) in [5.41, 5.74) is 9.78. The number of fused-ring (bicyclic) bond motifs is 1. The zero-order valence-corrected chi connectivity index (χ0v) is 11.3. The average molecular weight is 256 g/mol. The smallest absolute Gasteiger partial charge is 0.257 e. The third kappa shape index (κ3) is 2.31. The van der Waals surface area contributed by atoms with E-state index in [0.29, 0.717) is 11.6 Å². The van der Waals surface area contributed by atoms with Crippen LogP contribution in [0, 0.1) is 13.8 Å². The minimum absolute atomic E-state index is 0. The van der Waals surface area contributed by atoms with Crippen molar-refractivity contribution in [2.24, 2.45) is 0 Å². The number of aryl methyl sites for hydroxylation is 2. The van der Waals surface area contributed by atoms with Crippen LogP contribution in [0.15, 0.2) is 12.1 Å². The molecule has 0 aliphatic heterocycles. The zero-order chi connectivity index (χ0) is 11.9. The largest absolute Gasteiger partial charge is 0.472 e. The lowest BCUT2D eigenvalue weighted by atomic mass is 10.2. The summed E-state index contributed by atoms with van der Waals surface area (Å²) in [6, 6.07) is 4.01. The van der Waals surface area contributed by atoms with E-state index >= 15 is 0 Å². The number of halogens is 1. The minimum Gasteiger partial charge on any atom is -0.472 e. The fourth-order valence-electron chi connectivity index (χ4n) is 1.64. The first-order valence-electron chi connectivity index (χ1n) is 5.41. The van der Waals surface area contributed by atoms with Crippen molar-refractivity contribution in [3.05, 3.63) is 23.4 Å². The van der Waals surface area contributed by atoms with Gasteiger partial charge in [0, 0.05) is 5.69 Å². The Morgan fingerprint density at radius 1 is 1.29 bits per heavy atom. The van der Waals surface area contributed by atoms with Crippen molar-refractivity contribution < 1.29 is 4.74 Å². The number of pyridine rings is 1. The van der Waals surface area contributed by atoms with Gasteiger partial charge in [0.05, 0.1) is 11.6 Å². The number of rotatable bonds is 2. The van der Waals surface area contributed by atoms with E-state index in [1.54, 1.807) is 0 Å². The molecular weight excluding hydrogens is 238 g/mol. The lowest BCUT2D eigenvalue weighted by Crippen LogP contribution is -2.07. The number of hydrogen-bond donors (Lipinski definition) is 1. The highest BCUT2D eigenvalue weighted by Crippen LogP contribution is 2.27. The Morgan fingerprint density at radius 2 is 1.94 bits per heavy atom. The van der Waals surface area contributed by atoms with E-state index in [-0.39, 0.29) is 18.5 Å². The molecule has 2 aromatic heterocycles. The van der Waals surface area contributed by atoms with Crippen molar-refractivity contribution in [2.75, 3.05) is 5.73 Å². The van der Waals surface area contributed by atoms with Crippen LogP contribution in [0.4, 0.5) is 5.69 Å². The maximum absolute atomic E-state index is 6.00. The first-order chi connectivity index (χ1) is 7.50. The summed E-state index contributed by atoms with van der Waals surface area (Å²) < 4.78 is 7.40. The second kappa shape index (κ2) is 4.84. The Labute approximate surface area is 107 Å². The summed E-state index contributed by atoms with van der Waals surface area (Å²) in [5.74, 6) is 0.517. The molecule has 2 heterocycles. The highest BCUT2D eigenvalue weighted by molar-refractivity contribution is 5.85. The molecule has 17 heavy (non-hydrogen) atoms. The second-order valence-electron chi connectivity index (χ2n) is 4.28. The summed E-state index contributed by atoms with van der Waals surface area (Å²) in [5, 5.41) is 4.38. The molecule has 2 aromatic rings. The molecule has 4 nitrogen and oxygen atoms in total. The van der Waals surface area contributed by atoms with Gasteiger partial charge in [-0.2, -0.15) is 0 Å². The maximum Gasteiger partial charge on any atom is 0.257 e. The van der Waals surface area contributed by atoms with Crippen LogP contribution in [0.5, 0.6) is 5.88 Å². The molecule has 94 valence electrons. The van der Waals surface area contributed by atoms with Gasteiger partial charge in [0.2, 0.25) is 0 Å². The molecule has 0 amide bonds. The minimum atomic E-state index is 0.